The van der Waals surface area contributed by atoms with Crippen LogP contribution in [-0.4, -0.2) is 17.1 Å². The first-order valence-corrected chi connectivity index (χ1v) is 4.84. The zero-order chi connectivity index (χ0) is 12.4. The molecule has 0 atom stereocenters. The van der Waals surface area contributed by atoms with Crippen molar-refractivity contribution in [2.45, 2.75) is 0 Å². The predicted molar refractivity (Wildman–Crippen MR) is 62.8 cm³/mol. The van der Waals surface area contributed by atoms with Crippen LogP contribution in [0.5, 0.6) is 5.75 Å². The minimum atomic E-state index is -0.392. The van der Waals surface area contributed by atoms with Crippen LogP contribution < -0.4 is 16.2 Å². The Bertz CT molecular complexity index is 539. The summed E-state index contributed by atoms with van der Waals surface area (Å²) >= 11 is 0. The lowest BCUT2D eigenvalue weighted by atomic mass is 10.1. The highest BCUT2D eigenvalue weighted by atomic mass is 19.1. The molecule has 5 nitrogen and oxygen atoms in total. The molecule has 1 aromatic carbocycles. The minimum Gasteiger partial charge on any atom is -0.496 e. The van der Waals surface area contributed by atoms with Crippen molar-refractivity contribution < 1.29 is 9.13 Å². The van der Waals surface area contributed by atoms with Gasteiger partial charge in [-0.2, -0.15) is 4.98 Å². The fourth-order valence-electron chi connectivity index (χ4n) is 1.50. The number of halogens is 1. The lowest BCUT2D eigenvalue weighted by Gasteiger charge is -2.08. The maximum atomic E-state index is 13.2. The van der Waals surface area contributed by atoms with Crippen LogP contribution in [0.2, 0.25) is 0 Å². The molecule has 0 bridgehead atoms. The van der Waals surface area contributed by atoms with Crippen molar-refractivity contribution in [3.8, 4) is 17.0 Å². The number of benzene rings is 1. The Kier molecular flexibility index (Phi) is 2.78. The number of aromatic nitrogens is 2. The van der Waals surface area contributed by atoms with E-state index in [-0.39, 0.29) is 11.8 Å². The van der Waals surface area contributed by atoms with E-state index < -0.39 is 5.82 Å². The molecule has 0 aliphatic heterocycles. The fourth-order valence-corrected chi connectivity index (χ4v) is 1.50. The Morgan fingerprint density at radius 2 is 1.94 bits per heavy atom. The van der Waals surface area contributed by atoms with Gasteiger partial charge in [-0.05, 0) is 18.2 Å². The van der Waals surface area contributed by atoms with Gasteiger partial charge in [0.25, 0.3) is 0 Å². The van der Waals surface area contributed by atoms with E-state index in [4.69, 9.17) is 16.2 Å². The molecule has 0 saturated carbocycles. The van der Waals surface area contributed by atoms with Gasteiger partial charge in [0, 0.05) is 11.6 Å². The molecule has 0 amide bonds. The van der Waals surface area contributed by atoms with Crippen molar-refractivity contribution in [3.05, 3.63) is 30.1 Å². The van der Waals surface area contributed by atoms with Crippen LogP contribution in [0.4, 0.5) is 16.2 Å². The summed E-state index contributed by atoms with van der Waals surface area (Å²) in [6.07, 6.45) is 0. The largest absolute Gasteiger partial charge is 0.496 e. The lowest BCUT2D eigenvalue weighted by molar-refractivity contribution is 0.415. The molecule has 0 spiro atoms. The highest BCUT2D eigenvalue weighted by Crippen LogP contribution is 2.30. The molecule has 0 aliphatic carbocycles. The summed E-state index contributed by atoms with van der Waals surface area (Å²) in [5.41, 5.74) is 12.0. The van der Waals surface area contributed by atoms with E-state index in [1.54, 1.807) is 0 Å². The molecule has 1 aromatic heterocycles. The van der Waals surface area contributed by atoms with Crippen LogP contribution in [0.25, 0.3) is 11.3 Å². The SMILES string of the molecule is COc1ccc(F)cc1-c1cc(N)nc(N)n1. The molecule has 0 radical (unpaired) electrons. The standard InChI is InChI=1S/C11H11FN4O/c1-17-9-3-2-6(12)4-7(9)8-5-10(13)16-11(14)15-8/h2-5H,1H3,(H4,13,14,15,16). The highest BCUT2D eigenvalue weighted by Gasteiger charge is 2.10. The maximum Gasteiger partial charge on any atom is 0.222 e. The molecule has 2 aromatic rings. The molecule has 6 heteroatoms. The van der Waals surface area contributed by atoms with Gasteiger partial charge < -0.3 is 16.2 Å². The number of ether oxygens (including phenoxy) is 1. The monoisotopic (exact) mass is 234 g/mol. The van der Waals surface area contributed by atoms with Crippen LogP contribution in [0, 0.1) is 5.82 Å². The van der Waals surface area contributed by atoms with Crippen molar-refractivity contribution in [2.24, 2.45) is 0 Å². The number of hydrogen-bond donors (Lipinski definition) is 2. The molecule has 1 heterocycles. The molecule has 0 fully saturated rings. The summed E-state index contributed by atoms with van der Waals surface area (Å²) in [7, 11) is 1.49. The van der Waals surface area contributed by atoms with Crippen LogP contribution in [0.1, 0.15) is 0 Å². The minimum absolute atomic E-state index is 0.0336. The summed E-state index contributed by atoms with van der Waals surface area (Å²) < 4.78 is 18.3. The zero-order valence-corrected chi connectivity index (χ0v) is 9.14. The van der Waals surface area contributed by atoms with E-state index in [0.29, 0.717) is 17.0 Å². The molecule has 88 valence electrons. The Labute approximate surface area is 97.3 Å². The second-order valence-electron chi connectivity index (χ2n) is 3.38. The molecule has 0 aliphatic rings. The lowest BCUT2D eigenvalue weighted by Crippen LogP contribution is -2.01. The molecular formula is C11H11FN4O. The third kappa shape index (κ3) is 2.25. The number of methoxy groups -OCH3 is 1. The number of anilines is 2. The first-order valence-electron chi connectivity index (χ1n) is 4.84. The van der Waals surface area contributed by atoms with Crippen molar-refractivity contribution >= 4 is 11.8 Å². The van der Waals surface area contributed by atoms with E-state index in [0.717, 1.165) is 0 Å². The van der Waals surface area contributed by atoms with Crippen LogP contribution >= 0.6 is 0 Å². The van der Waals surface area contributed by atoms with Gasteiger partial charge in [0.1, 0.15) is 17.4 Å². The third-order valence-electron chi connectivity index (χ3n) is 2.20. The number of hydrogen-bond acceptors (Lipinski definition) is 5. The van der Waals surface area contributed by atoms with E-state index in [9.17, 15) is 4.39 Å². The average molecular weight is 234 g/mol. The zero-order valence-electron chi connectivity index (χ0n) is 9.14. The topological polar surface area (TPSA) is 87.0 Å². The van der Waals surface area contributed by atoms with Gasteiger partial charge in [0.15, 0.2) is 0 Å². The van der Waals surface area contributed by atoms with Crippen LogP contribution in [0.15, 0.2) is 24.3 Å². The van der Waals surface area contributed by atoms with Gasteiger partial charge in [-0.15, -0.1) is 0 Å². The molecule has 0 unspecified atom stereocenters. The Morgan fingerprint density at radius 1 is 1.18 bits per heavy atom. The van der Waals surface area contributed by atoms with E-state index >= 15 is 0 Å². The first kappa shape index (κ1) is 11.1. The van der Waals surface area contributed by atoms with Gasteiger partial charge in [-0.1, -0.05) is 0 Å². The number of nitrogens with two attached hydrogens (primary N) is 2. The number of nitrogens with zero attached hydrogens (tertiary/aromatic N) is 2. The summed E-state index contributed by atoms with van der Waals surface area (Å²) in [4.78, 5) is 7.74. The Hall–Kier alpha value is -2.37. The maximum absolute atomic E-state index is 13.2. The van der Waals surface area contributed by atoms with Crippen molar-refractivity contribution in [2.75, 3.05) is 18.6 Å². The van der Waals surface area contributed by atoms with Gasteiger partial charge in [-0.3, -0.25) is 0 Å². The number of nitrogen functional groups attached to an aromatic ring is 2. The summed E-state index contributed by atoms with van der Waals surface area (Å²) in [6, 6.07) is 5.63. The van der Waals surface area contributed by atoms with Crippen LogP contribution in [0.3, 0.4) is 0 Å². The summed E-state index contributed by atoms with van der Waals surface area (Å²) in [6.45, 7) is 0. The smallest absolute Gasteiger partial charge is 0.222 e. The average Bonchev–Trinajstić information content (AvgIpc) is 2.27. The highest BCUT2D eigenvalue weighted by molar-refractivity contribution is 5.69. The summed E-state index contributed by atoms with van der Waals surface area (Å²) in [5, 5.41) is 0. The van der Waals surface area contributed by atoms with Crippen molar-refractivity contribution in [3.63, 3.8) is 0 Å². The molecule has 4 N–H and O–H groups in total. The molecule has 17 heavy (non-hydrogen) atoms. The Morgan fingerprint density at radius 3 is 2.59 bits per heavy atom. The van der Waals surface area contributed by atoms with Gasteiger partial charge in [0.05, 0.1) is 12.8 Å². The first-order chi connectivity index (χ1) is 8.10. The molecule has 0 saturated heterocycles. The second kappa shape index (κ2) is 4.25. The van der Waals surface area contributed by atoms with E-state index in [1.165, 1.54) is 31.4 Å². The third-order valence-corrected chi connectivity index (χ3v) is 2.20. The quantitative estimate of drug-likeness (QED) is 0.821. The van der Waals surface area contributed by atoms with Gasteiger partial charge in [0.2, 0.25) is 5.95 Å². The number of rotatable bonds is 2. The van der Waals surface area contributed by atoms with E-state index in [1.807, 2.05) is 0 Å². The van der Waals surface area contributed by atoms with Gasteiger partial charge in [-0.25, -0.2) is 9.37 Å². The second-order valence-corrected chi connectivity index (χ2v) is 3.38. The van der Waals surface area contributed by atoms with E-state index in [2.05, 4.69) is 9.97 Å². The Balaban J connectivity index is 2.62. The van der Waals surface area contributed by atoms with Crippen molar-refractivity contribution in [1.29, 1.82) is 0 Å². The van der Waals surface area contributed by atoms with Crippen LogP contribution in [-0.2, 0) is 0 Å². The van der Waals surface area contributed by atoms with Gasteiger partial charge >= 0.3 is 0 Å². The van der Waals surface area contributed by atoms with Crippen molar-refractivity contribution in [1.82, 2.24) is 9.97 Å². The normalized spacial score (nSPS) is 10.2. The summed E-state index contributed by atoms with van der Waals surface area (Å²) in [5.74, 6) is 0.352. The molecule has 2 rings (SSSR count). The predicted octanol–water partition coefficient (Wildman–Crippen LogP) is 1.46. The molecular weight excluding hydrogens is 223 g/mol. The fraction of sp³-hybridized carbons (Fsp3) is 0.0909.